The van der Waals surface area contributed by atoms with Crippen LogP contribution in [0.1, 0.15) is 25.8 Å². The molecule has 0 saturated heterocycles. The first-order chi connectivity index (χ1) is 13.9. The molecule has 0 bridgehead atoms. The van der Waals surface area contributed by atoms with Crippen LogP contribution >= 0.6 is 0 Å². The quantitative estimate of drug-likeness (QED) is 0.380. The molecule has 2 aromatic rings. The van der Waals surface area contributed by atoms with E-state index in [-0.39, 0.29) is 12.3 Å². The highest BCUT2D eigenvalue weighted by Gasteiger charge is 2.14. The Morgan fingerprint density at radius 3 is 2.31 bits per heavy atom. The van der Waals surface area contributed by atoms with Gasteiger partial charge in [-0.15, -0.1) is 0 Å². The van der Waals surface area contributed by atoms with Gasteiger partial charge in [-0.05, 0) is 56.7 Å². The maximum atomic E-state index is 12.1. The van der Waals surface area contributed by atoms with Crippen LogP contribution in [-0.2, 0) is 14.4 Å². The lowest BCUT2D eigenvalue weighted by molar-refractivity contribution is -0.136. The molecule has 0 saturated carbocycles. The zero-order valence-corrected chi connectivity index (χ0v) is 16.6. The van der Waals surface area contributed by atoms with Gasteiger partial charge in [0.1, 0.15) is 5.75 Å². The second-order valence-corrected chi connectivity index (χ2v) is 6.24. The van der Waals surface area contributed by atoms with Crippen LogP contribution in [-0.4, -0.2) is 30.0 Å². The number of para-hydroxylation sites is 1. The summed E-state index contributed by atoms with van der Waals surface area (Å²) in [6.07, 6.45) is -0.0348. The molecule has 2 aromatic carbocycles. The third-order valence-corrected chi connectivity index (χ3v) is 3.81. The predicted molar refractivity (Wildman–Crippen MR) is 112 cm³/mol. The average Bonchev–Trinajstić information content (AvgIpc) is 2.69. The SMILES string of the molecule is CCOc1ccc(NC(=O)C/C(C)=N/NC(=O)C(=O)Nc2ccccc2C)cc1. The Morgan fingerprint density at radius 2 is 1.66 bits per heavy atom. The van der Waals surface area contributed by atoms with Crippen molar-refractivity contribution in [2.75, 3.05) is 17.2 Å². The van der Waals surface area contributed by atoms with Crippen molar-refractivity contribution in [1.29, 1.82) is 0 Å². The number of carbonyl (C=O) groups excluding carboxylic acids is 3. The van der Waals surface area contributed by atoms with E-state index < -0.39 is 11.8 Å². The summed E-state index contributed by atoms with van der Waals surface area (Å²) in [5, 5.41) is 9.04. The van der Waals surface area contributed by atoms with E-state index in [9.17, 15) is 14.4 Å². The van der Waals surface area contributed by atoms with Crippen molar-refractivity contribution in [1.82, 2.24) is 5.43 Å². The van der Waals surface area contributed by atoms with Crippen molar-refractivity contribution in [3.63, 3.8) is 0 Å². The average molecular weight is 396 g/mol. The Bertz CT molecular complexity index is 907. The van der Waals surface area contributed by atoms with E-state index in [2.05, 4.69) is 21.2 Å². The molecule has 0 aromatic heterocycles. The van der Waals surface area contributed by atoms with Crippen molar-refractivity contribution >= 4 is 34.8 Å². The molecule has 0 spiro atoms. The summed E-state index contributed by atoms with van der Waals surface area (Å²) < 4.78 is 5.34. The summed E-state index contributed by atoms with van der Waals surface area (Å²) in [4.78, 5) is 35.9. The molecule has 0 unspecified atom stereocenters. The largest absolute Gasteiger partial charge is 0.494 e. The number of hydrogen-bond donors (Lipinski definition) is 3. The molecule has 29 heavy (non-hydrogen) atoms. The number of ether oxygens (including phenoxy) is 1. The molecule has 3 N–H and O–H groups in total. The van der Waals surface area contributed by atoms with E-state index >= 15 is 0 Å². The van der Waals surface area contributed by atoms with E-state index in [1.165, 1.54) is 0 Å². The zero-order valence-electron chi connectivity index (χ0n) is 16.6. The molecule has 2 rings (SSSR count). The maximum Gasteiger partial charge on any atom is 0.329 e. The number of carbonyl (C=O) groups is 3. The van der Waals surface area contributed by atoms with E-state index in [4.69, 9.17) is 4.74 Å². The van der Waals surface area contributed by atoms with Gasteiger partial charge in [0.15, 0.2) is 0 Å². The van der Waals surface area contributed by atoms with Crippen LogP contribution in [0.5, 0.6) is 5.75 Å². The first-order valence-corrected chi connectivity index (χ1v) is 9.12. The van der Waals surface area contributed by atoms with Crippen molar-refractivity contribution in [2.45, 2.75) is 27.2 Å². The molecule has 0 aliphatic heterocycles. The maximum absolute atomic E-state index is 12.1. The first-order valence-electron chi connectivity index (χ1n) is 9.12. The van der Waals surface area contributed by atoms with Crippen LogP contribution in [0, 0.1) is 6.92 Å². The summed E-state index contributed by atoms with van der Waals surface area (Å²) in [6, 6.07) is 14.1. The third kappa shape index (κ3) is 7.10. The van der Waals surface area contributed by atoms with Gasteiger partial charge in [0.25, 0.3) is 0 Å². The number of nitrogens with one attached hydrogen (secondary N) is 3. The van der Waals surface area contributed by atoms with Gasteiger partial charge in [-0.25, -0.2) is 5.43 Å². The molecule has 0 aliphatic rings. The van der Waals surface area contributed by atoms with Crippen molar-refractivity contribution in [3.8, 4) is 5.75 Å². The molecule has 0 aliphatic carbocycles. The van der Waals surface area contributed by atoms with Crippen molar-refractivity contribution in [3.05, 3.63) is 54.1 Å². The van der Waals surface area contributed by atoms with Gasteiger partial charge in [0.05, 0.1) is 13.0 Å². The fourth-order valence-electron chi connectivity index (χ4n) is 2.37. The minimum Gasteiger partial charge on any atom is -0.494 e. The highest BCUT2D eigenvalue weighted by molar-refractivity contribution is 6.39. The molecule has 0 fully saturated rings. The molecule has 0 atom stereocenters. The normalized spacial score (nSPS) is 10.8. The summed E-state index contributed by atoms with van der Waals surface area (Å²) in [6.45, 7) is 5.86. The fraction of sp³-hybridized carbons (Fsp3) is 0.238. The second-order valence-electron chi connectivity index (χ2n) is 6.24. The molecule has 8 heteroatoms. The number of benzene rings is 2. The Labute approximate surface area is 169 Å². The van der Waals surface area contributed by atoms with Crippen LogP contribution in [0.3, 0.4) is 0 Å². The molecular formula is C21H24N4O4. The summed E-state index contributed by atoms with van der Waals surface area (Å²) in [7, 11) is 0. The standard InChI is InChI=1S/C21H24N4O4/c1-4-29-17-11-9-16(10-12-17)22-19(26)13-15(3)24-25-21(28)20(27)23-18-8-6-5-7-14(18)2/h5-12H,4,13H2,1-3H3,(H,22,26)(H,23,27)(H,25,28)/b24-15+. The monoisotopic (exact) mass is 396 g/mol. The van der Waals surface area contributed by atoms with Gasteiger partial charge in [-0.1, -0.05) is 18.2 Å². The Morgan fingerprint density at radius 1 is 0.966 bits per heavy atom. The Kier molecular flexibility index (Phi) is 7.90. The summed E-state index contributed by atoms with van der Waals surface area (Å²) in [5.74, 6) is -1.34. The lowest BCUT2D eigenvalue weighted by Crippen LogP contribution is -2.33. The second kappa shape index (κ2) is 10.6. The van der Waals surface area contributed by atoms with Gasteiger partial charge in [-0.2, -0.15) is 5.10 Å². The Hall–Kier alpha value is -3.68. The van der Waals surface area contributed by atoms with E-state index in [1.54, 1.807) is 43.3 Å². The lowest BCUT2D eigenvalue weighted by Gasteiger charge is -2.08. The van der Waals surface area contributed by atoms with Crippen LogP contribution in [0.25, 0.3) is 0 Å². The molecule has 152 valence electrons. The molecule has 0 heterocycles. The fourth-order valence-corrected chi connectivity index (χ4v) is 2.37. The van der Waals surface area contributed by atoms with Crippen LogP contribution in [0.4, 0.5) is 11.4 Å². The number of nitrogens with zero attached hydrogens (tertiary/aromatic N) is 1. The minimum atomic E-state index is -0.917. The summed E-state index contributed by atoms with van der Waals surface area (Å²) >= 11 is 0. The number of rotatable bonds is 7. The highest BCUT2D eigenvalue weighted by Crippen LogP contribution is 2.16. The van der Waals surface area contributed by atoms with E-state index in [1.807, 2.05) is 26.0 Å². The number of hydrogen-bond acceptors (Lipinski definition) is 5. The molecule has 8 nitrogen and oxygen atoms in total. The Balaban J connectivity index is 1.82. The van der Waals surface area contributed by atoms with Gasteiger partial charge in [0.2, 0.25) is 5.91 Å². The van der Waals surface area contributed by atoms with Crippen molar-refractivity contribution in [2.24, 2.45) is 5.10 Å². The smallest absolute Gasteiger partial charge is 0.329 e. The highest BCUT2D eigenvalue weighted by atomic mass is 16.5. The zero-order chi connectivity index (χ0) is 21.2. The molecule has 0 radical (unpaired) electrons. The van der Waals surface area contributed by atoms with Gasteiger partial charge in [0, 0.05) is 17.1 Å². The van der Waals surface area contributed by atoms with Crippen LogP contribution in [0.15, 0.2) is 53.6 Å². The van der Waals surface area contributed by atoms with Gasteiger partial charge in [-0.3, -0.25) is 14.4 Å². The number of aryl methyl sites for hydroxylation is 1. The van der Waals surface area contributed by atoms with Gasteiger partial charge >= 0.3 is 11.8 Å². The molecular weight excluding hydrogens is 372 g/mol. The van der Waals surface area contributed by atoms with Gasteiger partial charge < -0.3 is 15.4 Å². The van der Waals surface area contributed by atoms with Crippen molar-refractivity contribution < 1.29 is 19.1 Å². The number of hydrazone groups is 1. The number of amides is 3. The van der Waals surface area contributed by atoms with Crippen LogP contribution in [0.2, 0.25) is 0 Å². The number of anilines is 2. The summed E-state index contributed by atoms with van der Waals surface area (Å²) in [5.41, 5.74) is 4.50. The molecule has 3 amide bonds. The van der Waals surface area contributed by atoms with E-state index in [0.717, 1.165) is 11.3 Å². The van der Waals surface area contributed by atoms with E-state index in [0.29, 0.717) is 23.7 Å². The third-order valence-electron chi connectivity index (χ3n) is 3.81. The topological polar surface area (TPSA) is 109 Å². The lowest BCUT2D eigenvalue weighted by atomic mass is 10.2. The first kappa shape index (κ1) is 21.6. The van der Waals surface area contributed by atoms with Crippen LogP contribution < -0.4 is 20.8 Å². The minimum absolute atomic E-state index is 0.0348. The predicted octanol–water partition coefficient (Wildman–Crippen LogP) is 2.85.